The van der Waals surface area contributed by atoms with Crippen molar-refractivity contribution in [3.05, 3.63) is 24.3 Å². The van der Waals surface area contributed by atoms with E-state index in [1.165, 1.54) is 11.3 Å². The van der Waals surface area contributed by atoms with Crippen molar-refractivity contribution in [2.75, 3.05) is 17.2 Å². The number of para-hydroxylation sites is 1. The first-order chi connectivity index (χ1) is 9.42. The molecule has 0 bridgehead atoms. The highest BCUT2D eigenvalue weighted by Gasteiger charge is 2.34. The van der Waals surface area contributed by atoms with Crippen LogP contribution >= 0.6 is 22.0 Å². The molecule has 1 aromatic carbocycles. The van der Waals surface area contributed by atoms with E-state index in [0.29, 0.717) is 11.7 Å². The lowest BCUT2D eigenvalue weighted by atomic mass is 10.1. The molecule has 5 nitrogen and oxygen atoms in total. The lowest BCUT2D eigenvalue weighted by Crippen LogP contribution is -2.25. The molecule has 106 valence electrons. The van der Waals surface area contributed by atoms with Crippen molar-refractivity contribution in [3.63, 3.8) is 0 Å². The molecule has 2 aromatic rings. The van der Waals surface area contributed by atoms with E-state index in [1.54, 1.807) is 4.90 Å². The van der Waals surface area contributed by atoms with E-state index >= 15 is 0 Å². The molecule has 0 spiro atoms. The molecule has 0 N–H and O–H groups in total. The van der Waals surface area contributed by atoms with Crippen LogP contribution in [0.15, 0.2) is 24.3 Å². The van der Waals surface area contributed by atoms with Crippen LogP contribution in [0.4, 0.5) is 5.13 Å². The SMILES string of the molecule is O=C1CC(CS(=O)(=O)Cl)CN1c1nc2ccccc2s1. The number of rotatable bonds is 3. The smallest absolute Gasteiger partial charge is 0.232 e. The summed E-state index contributed by atoms with van der Waals surface area (Å²) in [4.78, 5) is 18.0. The highest BCUT2D eigenvalue weighted by molar-refractivity contribution is 8.13. The van der Waals surface area contributed by atoms with Crippen LogP contribution < -0.4 is 4.90 Å². The highest BCUT2D eigenvalue weighted by Crippen LogP contribution is 2.33. The number of carbonyl (C=O) groups is 1. The van der Waals surface area contributed by atoms with Crippen molar-refractivity contribution in [1.82, 2.24) is 4.98 Å². The number of nitrogens with zero attached hydrogens (tertiary/aromatic N) is 2. The van der Waals surface area contributed by atoms with Crippen LogP contribution in [0, 0.1) is 5.92 Å². The minimum atomic E-state index is -3.58. The third-order valence-corrected chi connectivity index (χ3v) is 5.46. The van der Waals surface area contributed by atoms with E-state index in [0.717, 1.165) is 10.2 Å². The molecule has 1 aromatic heterocycles. The van der Waals surface area contributed by atoms with E-state index < -0.39 is 9.05 Å². The zero-order valence-corrected chi connectivity index (χ0v) is 12.7. The van der Waals surface area contributed by atoms with E-state index in [2.05, 4.69) is 4.98 Å². The van der Waals surface area contributed by atoms with Gasteiger partial charge in [0.25, 0.3) is 0 Å². The maximum atomic E-state index is 12.0. The number of halogens is 1. The molecule has 1 saturated heterocycles. The number of hydrogen-bond donors (Lipinski definition) is 0. The number of thiazole rings is 1. The summed E-state index contributed by atoms with van der Waals surface area (Å²) in [5.74, 6) is -0.548. The maximum absolute atomic E-state index is 12.0. The summed E-state index contributed by atoms with van der Waals surface area (Å²) in [7, 11) is 1.66. The van der Waals surface area contributed by atoms with Crippen molar-refractivity contribution in [3.8, 4) is 0 Å². The molecular formula is C12H11ClN2O3S2. The van der Waals surface area contributed by atoms with Gasteiger partial charge in [0, 0.05) is 29.6 Å². The number of carbonyl (C=O) groups excluding carboxylic acids is 1. The van der Waals surface area contributed by atoms with E-state index in [-0.39, 0.29) is 24.0 Å². The fraction of sp³-hybridized carbons (Fsp3) is 0.333. The Morgan fingerprint density at radius 3 is 2.85 bits per heavy atom. The van der Waals surface area contributed by atoms with Gasteiger partial charge in [0.1, 0.15) is 0 Å². The first-order valence-corrected chi connectivity index (χ1v) is 9.30. The third kappa shape index (κ3) is 2.79. The van der Waals surface area contributed by atoms with Crippen LogP contribution in [0.5, 0.6) is 0 Å². The van der Waals surface area contributed by atoms with Gasteiger partial charge >= 0.3 is 0 Å². The molecule has 1 unspecified atom stereocenters. The van der Waals surface area contributed by atoms with Crippen molar-refractivity contribution < 1.29 is 13.2 Å². The van der Waals surface area contributed by atoms with Crippen LogP contribution in [-0.4, -0.2) is 31.6 Å². The molecule has 1 aliphatic heterocycles. The first-order valence-electron chi connectivity index (χ1n) is 6.00. The Morgan fingerprint density at radius 2 is 2.15 bits per heavy atom. The Morgan fingerprint density at radius 1 is 1.40 bits per heavy atom. The first kappa shape index (κ1) is 13.8. The lowest BCUT2D eigenvalue weighted by Gasteiger charge is -2.12. The van der Waals surface area contributed by atoms with Crippen molar-refractivity contribution in [1.29, 1.82) is 0 Å². The van der Waals surface area contributed by atoms with Gasteiger partial charge in [-0.15, -0.1) is 0 Å². The van der Waals surface area contributed by atoms with Gasteiger partial charge in [-0.2, -0.15) is 0 Å². The summed E-state index contributed by atoms with van der Waals surface area (Å²) in [6.45, 7) is 0.352. The summed E-state index contributed by atoms with van der Waals surface area (Å²) in [5.41, 5.74) is 0.841. The van der Waals surface area contributed by atoms with Gasteiger partial charge in [-0.3, -0.25) is 9.69 Å². The Balaban J connectivity index is 1.85. The maximum Gasteiger partial charge on any atom is 0.232 e. The van der Waals surface area contributed by atoms with E-state index in [9.17, 15) is 13.2 Å². The van der Waals surface area contributed by atoms with Gasteiger partial charge in [-0.05, 0) is 12.1 Å². The number of amides is 1. The molecule has 8 heteroatoms. The van der Waals surface area contributed by atoms with Gasteiger partial charge in [0.2, 0.25) is 15.0 Å². The Hall–Kier alpha value is -1.18. The second-order valence-electron chi connectivity index (χ2n) is 4.74. The molecule has 2 heterocycles. The summed E-state index contributed by atoms with van der Waals surface area (Å²) < 4.78 is 23.2. The second-order valence-corrected chi connectivity index (χ2v) is 8.57. The highest BCUT2D eigenvalue weighted by atomic mass is 35.7. The zero-order valence-electron chi connectivity index (χ0n) is 10.3. The molecule has 0 saturated carbocycles. The summed E-state index contributed by atoms with van der Waals surface area (Å²) in [5, 5.41) is 0.616. The molecule has 1 aliphatic rings. The number of fused-ring (bicyclic) bond motifs is 1. The summed E-state index contributed by atoms with van der Waals surface area (Å²) >= 11 is 1.43. The van der Waals surface area contributed by atoms with Gasteiger partial charge in [0.05, 0.1) is 16.0 Å². The van der Waals surface area contributed by atoms with Crippen molar-refractivity contribution in [2.45, 2.75) is 6.42 Å². The predicted octanol–water partition coefficient (Wildman–Crippen LogP) is 2.22. The van der Waals surface area contributed by atoms with Crippen LogP contribution in [0.3, 0.4) is 0 Å². The quantitative estimate of drug-likeness (QED) is 0.809. The van der Waals surface area contributed by atoms with Crippen LogP contribution in [0.2, 0.25) is 0 Å². The Kier molecular flexibility index (Phi) is 3.43. The number of anilines is 1. The summed E-state index contributed by atoms with van der Waals surface area (Å²) in [6, 6.07) is 7.63. The molecular weight excluding hydrogens is 320 g/mol. The second kappa shape index (κ2) is 4.98. The van der Waals surface area contributed by atoms with Crippen LogP contribution in [0.25, 0.3) is 10.2 Å². The predicted molar refractivity (Wildman–Crippen MR) is 79.7 cm³/mol. The van der Waals surface area contributed by atoms with Gasteiger partial charge in [-0.25, -0.2) is 13.4 Å². The standard InChI is InChI=1S/C12H11ClN2O3S2/c13-20(17,18)7-8-5-11(16)15(6-8)12-14-9-3-1-2-4-10(9)19-12/h1-4,8H,5-7H2. The minimum Gasteiger partial charge on any atom is -0.288 e. The zero-order chi connectivity index (χ0) is 14.3. The molecule has 0 aliphatic carbocycles. The molecule has 1 fully saturated rings. The topological polar surface area (TPSA) is 67.3 Å². The number of benzene rings is 1. The fourth-order valence-electron chi connectivity index (χ4n) is 2.34. The fourth-order valence-corrected chi connectivity index (χ4v) is 4.65. The third-order valence-electron chi connectivity index (χ3n) is 3.15. The van der Waals surface area contributed by atoms with Crippen LogP contribution in [0.1, 0.15) is 6.42 Å². The number of aromatic nitrogens is 1. The van der Waals surface area contributed by atoms with Gasteiger partial charge in [0.15, 0.2) is 5.13 Å². The monoisotopic (exact) mass is 330 g/mol. The molecule has 1 amide bonds. The Labute approximate surface area is 124 Å². The molecule has 1 atom stereocenters. The lowest BCUT2D eigenvalue weighted by molar-refractivity contribution is -0.117. The van der Waals surface area contributed by atoms with Crippen LogP contribution in [-0.2, 0) is 13.8 Å². The minimum absolute atomic E-state index is 0.102. The van der Waals surface area contributed by atoms with E-state index in [4.69, 9.17) is 10.7 Å². The average molecular weight is 331 g/mol. The summed E-state index contributed by atoms with van der Waals surface area (Å²) in [6.07, 6.45) is 0.196. The largest absolute Gasteiger partial charge is 0.288 e. The molecule has 0 radical (unpaired) electrons. The van der Waals surface area contributed by atoms with Gasteiger partial charge < -0.3 is 0 Å². The normalized spacial score (nSPS) is 19.9. The molecule has 20 heavy (non-hydrogen) atoms. The molecule has 3 rings (SSSR count). The van der Waals surface area contributed by atoms with Gasteiger partial charge in [-0.1, -0.05) is 23.5 Å². The average Bonchev–Trinajstić information content (AvgIpc) is 2.90. The Bertz CT molecular complexity index is 739. The number of hydrogen-bond acceptors (Lipinski definition) is 5. The van der Waals surface area contributed by atoms with Crippen molar-refractivity contribution >= 4 is 52.3 Å². The van der Waals surface area contributed by atoms with Crippen molar-refractivity contribution in [2.24, 2.45) is 5.92 Å². The van der Waals surface area contributed by atoms with E-state index in [1.807, 2.05) is 24.3 Å².